The average Bonchev–Trinajstić information content (AvgIpc) is 2.31. The van der Waals surface area contributed by atoms with Gasteiger partial charge in [-0.3, -0.25) is 0 Å². The van der Waals surface area contributed by atoms with Gasteiger partial charge in [-0.2, -0.15) is 0 Å². The van der Waals surface area contributed by atoms with Crippen LogP contribution >= 0.6 is 11.8 Å². The molecule has 0 radical (unpaired) electrons. The molecule has 82 valence electrons. The summed E-state index contributed by atoms with van der Waals surface area (Å²) < 4.78 is 0. The van der Waals surface area contributed by atoms with E-state index in [2.05, 4.69) is 9.97 Å². The summed E-state index contributed by atoms with van der Waals surface area (Å²) in [7, 11) is 0. The van der Waals surface area contributed by atoms with Crippen LogP contribution in [0, 0.1) is 0 Å². The van der Waals surface area contributed by atoms with E-state index in [0.29, 0.717) is 6.54 Å². The van der Waals surface area contributed by atoms with Gasteiger partial charge in [0.1, 0.15) is 0 Å². The van der Waals surface area contributed by atoms with Gasteiger partial charge in [0.15, 0.2) is 5.16 Å². The standard InChI is InChI=1S/C11H17N3S/c12-6-9-7-13-11(14-8-9)15-10-4-2-1-3-5-10/h7-8,10H,1-6,12H2. The van der Waals surface area contributed by atoms with Gasteiger partial charge in [0.05, 0.1) is 0 Å². The van der Waals surface area contributed by atoms with E-state index < -0.39 is 0 Å². The highest BCUT2D eigenvalue weighted by Crippen LogP contribution is 2.31. The highest BCUT2D eigenvalue weighted by molar-refractivity contribution is 7.99. The predicted molar refractivity (Wildman–Crippen MR) is 62.7 cm³/mol. The summed E-state index contributed by atoms with van der Waals surface area (Å²) in [4.78, 5) is 8.63. The Labute approximate surface area is 94.9 Å². The highest BCUT2D eigenvalue weighted by Gasteiger charge is 2.15. The van der Waals surface area contributed by atoms with Crippen molar-refractivity contribution < 1.29 is 0 Å². The SMILES string of the molecule is NCc1cnc(SC2CCCCC2)nc1. The van der Waals surface area contributed by atoms with Crippen LogP contribution in [0.15, 0.2) is 17.6 Å². The number of hydrogen-bond acceptors (Lipinski definition) is 4. The van der Waals surface area contributed by atoms with E-state index in [9.17, 15) is 0 Å². The van der Waals surface area contributed by atoms with Crippen LogP contribution in [0.4, 0.5) is 0 Å². The predicted octanol–water partition coefficient (Wildman–Crippen LogP) is 2.36. The van der Waals surface area contributed by atoms with Gasteiger partial charge in [-0.15, -0.1) is 0 Å². The summed E-state index contributed by atoms with van der Waals surface area (Å²) in [6, 6.07) is 0. The lowest BCUT2D eigenvalue weighted by Gasteiger charge is -2.19. The van der Waals surface area contributed by atoms with Crippen molar-refractivity contribution in [1.29, 1.82) is 0 Å². The fourth-order valence-electron chi connectivity index (χ4n) is 1.84. The molecule has 3 nitrogen and oxygen atoms in total. The summed E-state index contributed by atoms with van der Waals surface area (Å²) >= 11 is 1.82. The molecule has 0 bridgehead atoms. The summed E-state index contributed by atoms with van der Waals surface area (Å²) in [5.74, 6) is 0. The molecule has 1 aromatic heterocycles. The van der Waals surface area contributed by atoms with Crippen LogP contribution in [0.2, 0.25) is 0 Å². The molecule has 0 aliphatic heterocycles. The van der Waals surface area contributed by atoms with E-state index in [1.807, 2.05) is 24.2 Å². The number of thioether (sulfide) groups is 1. The Bertz CT molecular complexity index is 293. The van der Waals surface area contributed by atoms with E-state index in [1.54, 1.807) is 0 Å². The minimum atomic E-state index is 0.522. The summed E-state index contributed by atoms with van der Waals surface area (Å²) in [5, 5.41) is 1.63. The summed E-state index contributed by atoms with van der Waals surface area (Å²) in [6.45, 7) is 0.522. The average molecular weight is 223 g/mol. The van der Waals surface area contributed by atoms with E-state index in [0.717, 1.165) is 16.0 Å². The van der Waals surface area contributed by atoms with E-state index in [1.165, 1.54) is 32.1 Å². The van der Waals surface area contributed by atoms with E-state index in [-0.39, 0.29) is 0 Å². The molecule has 0 unspecified atom stereocenters. The minimum absolute atomic E-state index is 0.522. The molecule has 2 N–H and O–H groups in total. The molecule has 0 spiro atoms. The third-order valence-corrected chi connectivity index (χ3v) is 3.97. The maximum atomic E-state index is 5.50. The van der Waals surface area contributed by atoms with Crippen LogP contribution in [0.25, 0.3) is 0 Å². The number of rotatable bonds is 3. The molecule has 1 saturated carbocycles. The second-order valence-electron chi connectivity index (χ2n) is 3.96. The third kappa shape index (κ3) is 3.18. The maximum absolute atomic E-state index is 5.50. The maximum Gasteiger partial charge on any atom is 0.187 e. The molecule has 1 aliphatic rings. The van der Waals surface area contributed by atoms with Crippen molar-refractivity contribution in [3.8, 4) is 0 Å². The van der Waals surface area contributed by atoms with Crippen molar-refractivity contribution in [2.24, 2.45) is 5.73 Å². The normalized spacial score (nSPS) is 17.9. The number of aromatic nitrogens is 2. The Kier molecular flexibility index (Phi) is 3.97. The smallest absolute Gasteiger partial charge is 0.187 e. The largest absolute Gasteiger partial charge is 0.326 e. The number of hydrogen-bond donors (Lipinski definition) is 1. The van der Waals surface area contributed by atoms with Crippen LogP contribution in [0.1, 0.15) is 37.7 Å². The molecule has 1 aliphatic carbocycles. The molecular weight excluding hydrogens is 206 g/mol. The van der Waals surface area contributed by atoms with Crippen LogP contribution < -0.4 is 5.73 Å². The molecule has 1 aromatic rings. The lowest BCUT2D eigenvalue weighted by Crippen LogP contribution is -2.08. The molecule has 15 heavy (non-hydrogen) atoms. The Morgan fingerprint density at radius 2 is 1.87 bits per heavy atom. The number of nitrogens with zero attached hydrogens (tertiary/aromatic N) is 2. The summed E-state index contributed by atoms with van der Waals surface area (Å²) in [5.41, 5.74) is 6.50. The topological polar surface area (TPSA) is 51.8 Å². The van der Waals surface area contributed by atoms with Crippen molar-refractivity contribution in [2.45, 2.75) is 49.1 Å². The van der Waals surface area contributed by atoms with Crippen molar-refractivity contribution in [3.63, 3.8) is 0 Å². The van der Waals surface area contributed by atoms with Crippen molar-refractivity contribution in [1.82, 2.24) is 9.97 Å². The Morgan fingerprint density at radius 1 is 1.20 bits per heavy atom. The quantitative estimate of drug-likeness (QED) is 0.799. The molecule has 0 atom stereocenters. The van der Waals surface area contributed by atoms with Crippen LogP contribution in [0.5, 0.6) is 0 Å². The monoisotopic (exact) mass is 223 g/mol. The van der Waals surface area contributed by atoms with Crippen molar-refractivity contribution in [2.75, 3.05) is 0 Å². The fraction of sp³-hybridized carbons (Fsp3) is 0.636. The van der Waals surface area contributed by atoms with Crippen molar-refractivity contribution >= 4 is 11.8 Å². The van der Waals surface area contributed by atoms with Gasteiger partial charge >= 0.3 is 0 Å². The van der Waals surface area contributed by atoms with Gasteiger partial charge in [-0.1, -0.05) is 31.0 Å². The molecule has 0 saturated heterocycles. The zero-order valence-corrected chi connectivity index (χ0v) is 9.67. The first-order chi connectivity index (χ1) is 7.38. The molecule has 1 heterocycles. The van der Waals surface area contributed by atoms with Gasteiger partial charge in [-0.25, -0.2) is 9.97 Å². The van der Waals surface area contributed by atoms with Gasteiger partial charge in [0.2, 0.25) is 0 Å². The second kappa shape index (κ2) is 5.47. The summed E-state index contributed by atoms with van der Waals surface area (Å²) in [6.07, 6.45) is 10.4. The van der Waals surface area contributed by atoms with Gasteiger partial charge in [-0.05, 0) is 12.8 Å². The Balaban J connectivity index is 1.91. The van der Waals surface area contributed by atoms with E-state index >= 15 is 0 Å². The highest BCUT2D eigenvalue weighted by atomic mass is 32.2. The van der Waals surface area contributed by atoms with Crippen LogP contribution in [-0.4, -0.2) is 15.2 Å². The molecule has 0 amide bonds. The van der Waals surface area contributed by atoms with Gasteiger partial charge in [0, 0.05) is 29.8 Å². The molecule has 2 rings (SSSR count). The second-order valence-corrected chi connectivity index (χ2v) is 5.22. The van der Waals surface area contributed by atoms with Crippen LogP contribution in [-0.2, 0) is 6.54 Å². The Hall–Kier alpha value is -0.610. The molecule has 1 fully saturated rings. The Morgan fingerprint density at radius 3 is 2.47 bits per heavy atom. The first kappa shape index (κ1) is 10.9. The fourth-order valence-corrected chi connectivity index (χ4v) is 2.94. The first-order valence-electron chi connectivity index (χ1n) is 5.56. The third-order valence-electron chi connectivity index (χ3n) is 2.74. The first-order valence-corrected chi connectivity index (χ1v) is 6.44. The molecule has 0 aromatic carbocycles. The molecular formula is C11H17N3S. The van der Waals surface area contributed by atoms with Crippen molar-refractivity contribution in [3.05, 3.63) is 18.0 Å². The van der Waals surface area contributed by atoms with Crippen LogP contribution in [0.3, 0.4) is 0 Å². The lowest BCUT2D eigenvalue weighted by atomic mass is 10.0. The zero-order valence-electron chi connectivity index (χ0n) is 8.85. The van der Waals surface area contributed by atoms with E-state index in [4.69, 9.17) is 5.73 Å². The molecule has 4 heteroatoms. The minimum Gasteiger partial charge on any atom is -0.326 e. The van der Waals surface area contributed by atoms with Gasteiger partial charge < -0.3 is 5.73 Å². The zero-order chi connectivity index (χ0) is 10.5. The number of nitrogens with two attached hydrogens (primary N) is 1. The lowest BCUT2D eigenvalue weighted by molar-refractivity contribution is 0.515. The van der Waals surface area contributed by atoms with Gasteiger partial charge in [0.25, 0.3) is 0 Å².